The average molecular weight is 339 g/mol. The fourth-order valence-corrected chi connectivity index (χ4v) is 2.30. The van der Waals surface area contributed by atoms with Gasteiger partial charge in [0.05, 0.1) is 11.5 Å². The van der Waals surface area contributed by atoms with Crippen LogP contribution >= 0.6 is 0 Å². The van der Waals surface area contributed by atoms with Gasteiger partial charge in [0, 0.05) is 17.2 Å². The van der Waals surface area contributed by atoms with Crippen LogP contribution in [0.25, 0.3) is 0 Å². The van der Waals surface area contributed by atoms with Gasteiger partial charge in [-0.15, -0.1) is 0 Å². The van der Waals surface area contributed by atoms with Gasteiger partial charge < -0.3 is 5.32 Å². The van der Waals surface area contributed by atoms with Gasteiger partial charge in [0.1, 0.15) is 11.5 Å². The number of nitrogens with zero attached hydrogens (tertiary/aromatic N) is 2. The molecule has 0 saturated heterocycles. The number of ketones is 1. The molecule has 3 N–H and O–H groups in total. The number of nitro groups is 1. The number of hydrogen-bond acceptors (Lipinski definition) is 6. The summed E-state index contributed by atoms with van der Waals surface area (Å²) >= 11 is 0. The lowest BCUT2D eigenvalue weighted by atomic mass is 10.0. The molecule has 0 unspecified atom stereocenters. The maximum Gasteiger partial charge on any atom is 0.340 e. The Hall–Kier alpha value is -3.75. The van der Waals surface area contributed by atoms with Crippen molar-refractivity contribution in [1.29, 1.82) is 0 Å². The molecule has 0 saturated carbocycles. The van der Waals surface area contributed by atoms with Crippen LogP contribution in [0.1, 0.15) is 21.7 Å². The number of aromatic amines is 2. The van der Waals surface area contributed by atoms with Crippen LogP contribution in [0.15, 0.2) is 53.3 Å². The topological polar surface area (TPSA) is 134 Å². The van der Waals surface area contributed by atoms with Gasteiger partial charge >= 0.3 is 5.69 Å². The Morgan fingerprint density at radius 1 is 1.16 bits per heavy atom. The summed E-state index contributed by atoms with van der Waals surface area (Å²) in [6.45, 7) is 0.0888. The minimum absolute atomic E-state index is 0.0888. The van der Waals surface area contributed by atoms with Crippen LogP contribution in [0.2, 0.25) is 0 Å². The van der Waals surface area contributed by atoms with Crippen LogP contribution in [0.4, 0.5) is 11.4 Å². The molecule has 0 spiro atoms. The molecule has 3 rings (SSSR count). The van der Waals surface area contributed by atoms with E-state index in [9.17, 15) is 19.7 Å². The third-order valence-electron chi connectivity index (χ3n) is 3.49. The fourth-order valence-electron chi connectivity index (χ4n) is 2.30. The Morgan fingerprint density at radius 3 is 2.56 bits per heavy atom. The lowest BCUT2D eigenvalue weighted by molar-refractivity contribution is -0.384. The second-order valence-electron chi connectivity index (χ2n) is 5.16. The van der Waals surface area contributed by atoms with Crippen molar-refractivity contribution in [3.8, 4) is 0 Å². The molecule has 0 aliphatic rings. The molecule has 0 amide bonds. The molecule has 3 aromatic rings. The third-order valence-corrected chi connectivity index (χ3v) is 3.49. The minimum atomic E-state index is -0.572. The zero-order chi connectivity index (χ0) is 17.8. The highest BCUT2D eigenvalue weighted by Gasteiger charge is 2.18. The van der Waals surface area contributed by atoms with E-state index in [-0.39, 0.29) is 29.3 Å². The molecular weight excluding hydrogens is 326 g/mol. The molecule has 9 nitrogen and oxygen atoms in total. The lowest BCUT2D eigenvalue weighted by Gasteiger charge is -2.07. The van der Waals surface area contributed by atoms with E-state index in [0.29, 0.717) is 11.4 Å². The molecule has 1 heterocycles. The van der Waals surface area contributed by atoms with Crippen molar-refractivity contribution in [2.75, 3.05) is 5.32 Å². The van der Waals surface area contributed by atoms with E-state index in [1.165, 1.54) is 18.2 Å². The Balaban J connectivity index is 1.86. The van der Waals surface area contributed by atoms with E-state index in [0.717, 1.165) is 0 Å². The minimum Gasteiger partial charge on any atom is -0.372 e. The predicted octanol–water partition coefficient (Wildman–Crippen LogP) is 1.85. The van der Waals surface area contributed by atoms with Gasteiger partial charge in [0.15, 0.2) is 5.78 Å². The maximum absolute atomic E-state index is 12.4. The first-order chi connectivity index (χ1) is 12.0. The summed E-state index contributed by atoms with van der Waals surface area (Å²) in [5.74, 6) is 0.00983. The number of carbonyl (C=O) groups is 1. The number of carbonyl (C=O) groups excluding carboxylic acids is 1. The van der Waals surface area contributed by atoms with Gasteiger partial charge in [0.25, 0.3) is 5.69 Å². The number of anilines is 1. The Bertz CT molecular complexity index is 977. The summed E-state index contributed by atoms with van der Waals surface area (Å²) in [5, 5.41) is 20.1. The predicted molar refractivity (Wildman–Crippen MR) is 89.5 cm³/mol. The number of rotatable bonds is 6. The second kappa shape index (κ2) is 6.79. The number of H-pyrrole nitrogens is 2. The summed E-state index contributed by atoms with van der Waals surface area (Å²) in [5.41, 5.74) is 0.191. The van der Waals surface area contributed by atoms with Crippen molar-refractivity contribution < 1.29 is 9.72 Å². The van der Waals surface area contributed by atoms with Crippen molar-refractivity contribution in [3.63, 3.8) is 0 Å². The maximum atomic E-state index is 12.4. The molecular formula is C16H13N5O4. The van der Waals surface area contributed by atoms with Gasteiger partial charge in [0.2, 0.25) is 0 Å². The smallest absolute Gasteiger partial charge is 0.340 e. The molecule has 1 aromatic heterocycles. The summed E-state index contributed by atoms with van der Waals surface area (Å²) in [7, 11) is 0. The van der Waals surface area contributed by atoms with E-state index in [1.54, 1.807) is 30.3 Å². The van der Waals surface area contributed by atoms with Crippen LogP contribution < -0.4 is 11.0 Å². The fraction of sp³-hybridized carbons (Fsp3) is 0.0625. The molecule has 0 fully saturated rings. The van der Waals surface area contributed by atoms with Crippen LogP contribution in [-0.4, -0.2) is 25.9 Å². The number of benzene rings is 2. The second-order valence-corrected chi connectivity index (χ2v) is 5.16. The lowest BCUT2D eigenvalue weighted by Crippen LogP contribution is -2.07. The van der Waals surface area contributed by atoms with Crippen LogP contribution in [-0.2, 0) is 6.54 Å². The Labute approximate surface area is 140 Å². The average Bonchev–Trinajstić information content (AvgIpc) is 3.05. The van der Waals surface area contributed by atoms with Gasteiger partial charge in [-0.05, 0) is 12.1 Å². The standard InChI is InChI=1S/C16H13N5O4/c22-15(10-4-2-1-3-5-10)11-6-7-12(13(8-11)21(24)25)17-9-14-18-16(23)20-19-14/h1-8,17H,9H2,(H2,18,19,20,23). The van der Waals surface area contributed by atoms with E-state index in [1.807, 2.05) is 0 Å². The van der Waals surface area contributed by atoms with Crippen LogP contribution in [0.5, 0.6) is 0 Å². The Kier molecular flexibility index (Phi) is 4.38. The molecule has 25 heavy (non-hydrogen) atoms. The van der Waals surface area contributed by atoms with Gasteiger partial charge in [-0.3, -0.25) is 19.9 Å². The van der Waals surface area contributed by atoms with Crippen LogP contribution in [0, 0.1) is 10.1 Å². The van der Waals surface area contributed by atoms with E-state index >= 15 is 0 Å². The zero-order valence-corrected chi connectivity index (χ0v) is 12.9. The first-order valence-corrected chi connectivity index (χ1v) is 7.30. The van der Waals surface area contributed by atoms with E-state index < -0.39 is 10.6 Å². The summed E-state index contributed by atoms with van der Waals surface area (Å²) in [4.78, 5) is 36.6. The molecule has 2 aromatic carbocycles. The summed E-state index contributed by atoms with van der Waals surface area (Å²) in [6.07, 6.45) is 0. The van der Waals surface area contributed by atoms with Crippen molar-refractivity contribution in [1.82, 2.24) is 15.2 Å². The quantitative estimate of drug-likeness (QED) is 0.356. The zero-order valence-electron chi connectivity index (χ0n) is 12.9. The van der Waals surface area contributed by atoms with Gasteiger partial charge in [-0.25, -0.2) is 9.89 Å². The first-order valence-electron chi connectivity index (χ1n) is 7.30. The number of nitrogens with one attached hydrogen (secondary N) is 3. The van der Waals surface area contributed by atoms with Crippen molar-refractivity contribution >= 4 is 17.2 Å². The largest absolute Gasteiger partial charge is 0.372 e. The van der Waals surface area contributed by atoms with E-state index in [4.69, 9.17) is 0 Å². The highest BCUT2D eigenvalue weighted by Crippen LogP contribution is 2.27. The number of hydrogen-bond donors (Lipinski definition) is 3. The van der Waals surface area contributed by atoms with Crippen LogP contribution in [0.3, 0.4) is 0 Å². The normalized spacial score (nSPS) is 10.4. The Morgan fingerprint density at radius 2 is 1.92 bits per heavy atom. The first kappa shape index (κ1) is 16.1. The molecule has 0 radical (unpaired) electrons. The summed E-state index contributed by atoms with van der Waals surface area (Å²) in [6, 6.07) is 12.7. The molecule has 126 valence electrons. The summed E-state index contributed by atoms with van der Waals surface area (Å²) < 4.78 is 0. The SMILES string of the molecule is O=C(c1ccccc1)c1ccc(NCc2n[nH]c(=O)[nH]2)c([N+](=O)[O-])c1. The van der Waals surface area contributed by atoms with Crippen molar-refractivity contribution in [2.45, 2.75) is 6.54 Å². The van der Waals surface area contributed by atoms with Gasteiger partial charge in [-0.2, -0.15) is 5.10 Å². The number of nitro benzene ring substituents is 1. The molecule has 0 aliphatic heterocycles. The highest BCUT2D eigenvalue weighted by atomic mass is 16.6. The molecule has 0 aliphatic carbocycles. The highest BCUT2D eigenvalue weighted by molar-refractivity contribution is 6.09. The molecule has 0 bridgehead atoms. The monoisotopic (exact) mass is 339 g/mol. The molecule has 0 atom stereocenters. The van der Waals surface area contributed by atoms with E-state index in [2.05, 4.69) is 20.5 Å². The van der Waals surface area contributed by atoms with Crippen molar-refractivity contribution in [3.05, 3.63) is 86.1 Å². The van der Waals surface area contributed by atoms with Gasteiger partial charge in [-0.1, -0.05) is 30.3 Å². The number of aromatic nitrogens is 3. The third kappa shape index (κ3) is 3.61. The molecule has 9 heteroatoms. The van der Waals surface area contributed by atoms with Crippen molar-refractivity contribution in [2.24, 2.45) is 0 Å².